The Labute approximate surface area is 114 Å². The van der Waals surface area contributed by atoms with E-state index in [2.05, 4.69) is 25.9 Å². The van der Waals surface area contributed by atoms with Crippen LogP contribution in [0, 0.1) is 6.92 Å². The second kappa shape index (κ2) is 5.82. The van der Waals surface area contributed by atoms with E-state index < -0.39 is 0 Å². The molecule has 18 heavy (non-hydrogen) atoms. The fraction of sp³-hybridized carbons (Fsp3) is 0.231. The molecule has 0 radical (unpaired) electrons. The number of rotatable bonds is 4. The van der Waals surface area contributed by atoms with Gasteiger partial charge < -0.3 is 9.47 Å². The Morgan fingerprint density at radius 2 is 2.11 bits per heavy atom. The highest BCUT2D eigenvalue weighted by Crippen LogP contribution is 2.23. The Morgan fingerprint density at radius 3 is 2.83 bits per heavy atom. The van der Waals surface area contributed by atoms with E-state index in [-0.39, 0.29) is 0 Å². The van der Waals surface area contributed by atoms with Crippen LogP contribution >= 0.6 is 15.9 Å². The normalized spacial score (nSPS) is 10.2. The van der Waals surface area contributed by atoms with Gasteiger partial charge in [0, 0.05) is 18.0 Å². The smallest absolute Gasteiger partial charge is 0.152 e. The minimum Gasteiger partial charge on any atom is -0.497 e. The minimum atomic E-state index is 0.376. The maximum absolute atomic E-state index is 5.65. The molecule has 2 rings (SSSR count). The molecule has 0 aromatic carbocycles. The van der Waals surface area contributed by atoms with Gasteiger partial charge in [0.15, 0.2) is 5.75 Å². The van der Waals surface area contributed by atoms with E-state index in [0.717, 1.165) is 17.1 Å². The van der Waals surface area contributed by atoms with E-state index >= 15 is 0 Å². The molecule has 0 saturated heterocycles. The van der Waals surface area contributed by atoms with E-state index in [1.165, 1.54) is 0 Å². The largest absolute Gasteiger partial charge is 0.497 e. The molecule has 0 bridgehead atoms. The SMILES string of the molecule is COc1ccnc(COc2ccc(C)nc2Br)c1. The molecule has 0 unspecified atom stereocenters. The number of hydrogen-bond donors (Lipinski definition) is 0. The summed E-state index contributed by atoms with van der Waals surface area (Å²) >= 11 is 3.37. The highest BCUT2D eigenvalue weighted by atomic mass is 79.9. The van der Waals surface area contributed by atoms with Gasteiger partial charge in [-0.2, -0.15) is 0 Å². The summed E-state index contributed by atoms with van der Waals surface area (Å²) in [6.45, 7) is 2.30. The Kier molecular flexibility index (Phi) is 4.15. The monoisotopic (exact) mass is 308 g/mol. The number of nitrogens with zero attached hydrogens (tertiary/aromatic N) is 2. The third-order valence-electron chi connectivity index (χ3n) is 2.35. The van der Waals surface area contributed by atoms with Crippen molar-refractivity contribution in [2.24, 2.45) is 0 Å². The van der Waals surface area contributed by atoms with Crippen molar-refractivity contribution in [3.63, 3.8) is 0 Å². The summed E-state index contributed by atoms with van der Waals surface area (Å²) in [6, 6.07) is 7.42. The van der Waals surface area contributed by atoms with Crippen LogP contribution in [0.2, 0.25) is 0 Å². The molecule has 0 saturated carbocycles. The van der Waals surface area contributed by atoms with Crippen molar-refractivity contribution in [1.82, 2.24) is 9.97 Å². The summed E-state index contributed by atoms with van der Waals surface area (Å²) in [4.78, 5) is 8.48. The number of hydrogen-bond acceptors (Lipinski definition) is 4. The van der Waals surface area contributed by atoms with Crippen LogP contribution in [0.1, 0.15) is 11.4 Å². The van der Waals surface area contributed by atoms with Gasteiger partial charge in [0.25, 0.3) is 0 Å². The predicted molar refractivity (Wildman–Crippen MR) is 71.8 cm³/mol. The lowest BCUT2D eigenvalue weighted by atomic mass is 10.3. The molecule has 0 N–H and O–H groups in total. The van der Waals surface area contributed by atoms with Crippen LogP contribution in [0.15, 0.2) is 35.1 Å². The first kappa shape index (κ1) is 12.8. The molecule has 2 aromatic rings. The molecule has 0 aliphatic rings. The van der Waals surface area contributed by atoms with Crippen LogP contribution in [-0.2, 0) is 6.61 Å². The summed E-state index contributed by atoms with van der Waals surface area (Å²) in [5.41, 5.74) is 1.75. The average Bonchev–Trinajstić information content (AvgIpc) is 2.38. The molecular weight excluding hydrogens is 296 g/mol. The Morgan fingerprint density at radius 1 is 1.28 bits per heavy atom. The second-order valence-corrected chi connectivity index (χ2v) is 4.47. The molecule has 2 aromatic heterocycles. The molecule has 5 heteroatoms. The number of halogens is 1. The van der Waals surface area contributed by atoms with Crippen LogP contribution in [0.3, 0.4) is 0 Å². The van der Waals surface area contributed by atoms with Crippen LogP contribution in [0.25, 0.3) is 0 Å². The van der Waals surface area contributed by atoms with Gasteiger partial charge in [-0.15, -0.1) is 0 Å². The number of pyridine rings is 2. The summed E-state index contributed by atoms with van der Waals surface area (Å²) in [5.74, 6) is 1.47. The zero-order valence-electron chi connectivity index (χ0n) is 10.2. The number of aromatic nitrogens is 2. The molecule has 2 heterocycles. The maximum atomic E-state index is 5.65. The Bertz CT molecular complexity index is 546. The molecule has 0 fully saturated rings. The highest BCUT2D eigenvalue weighted by molar-refractivity contribution is 9.10. The lowest BCUT2D eigenvalue weighted by Gasteiger charge is -2.08. The summed E-state index contributed by atoms with van der Waals surface area (Å²) in [5, 5.41) is 0. The van der Waals surface area contributed by atoms with Gasteiger partial charge in [-0.25, -0.2) is 4.98 Å². The lowest BCUT2D eigenvalue weighted by molar-refractivity contribution is 0.296. The van der Waals surface area contributed by atoms with E-state index in [0.29, 0.717) is 17.0 Å². The Balaban J connectivity index is 2.06. The van der Waals surface area contributed by atoms with Gasteiger partial charge in [-0.05, 0) is 41.1 Å². The van der Waals surface area contributed by atoms with Crippen molar-refractivity contribution < 1.29 is 9.47 Å². The first-order valence-electron chi connectivity index (χ1n) is 5.44. The van der Waals surface area contributed by atoms with Gasteiger partial charge in [-0.1, -0.05) is 0 Å². The maximum Gasteiger partial charge on any atom is 0.152 e. The summed E-state index contributed by atoms with van der Waals surface area (Å²) in [6.07, 6.45) is 1.69. The molecule has 0 aliphatic heterocycles. The van der Waals surface area contributed by atoms with E-state index in [1.807, 2.05) is 25.1 Å². The topological polar surface area (TPSA) is 44.2 Å². The van der Waals surface area contributed by atoms with Gasteiger partial charge >= 0.3 is 0 Å². The standard InChI is InChI=1S/C13H13BrN2O2/c1-9-3-4-12(13(14)16-9)18-8-10-7-11(17-2)5-6-15-10/h3-7H,8H2,1-2H3. The molecule has 4 nitrogen and oxygen atoms in total. The van der Waals surface area contributed by atoms with Gasteiger partial charge in [0.05, 0.1) is 12.8 Å². The predicted octanol–water partition coefficient (Wildman–Crippen LogP) is 3.14. The van der Waals surface area contributed by atoms with E-state index in [9.17, 15) is 0 Å². The first-order valence-corrected chi connectivity index (χ1v) is 6.23. The summed E-state index contributed by atoms with van der Waals surface area (Å²) in [7, 11) is 1.63. The Hall–Kier alpha value is -1.62. The quantitative estimate of drug-likeness (QED) is 0.814. The first-order chi connectivity index (χ1) is 8.69. The average molecular weight is 309 g/mol. The van der Waals surface area contributed by atoms with Crippen molar-refractivity contribution in [2.45, 2.75) is 13.5 Å². The van der Waals surface area contributed by atoms with Crippen molar-refractivity contribution in [3.05, 3.63) is 46.5 Å². The van der Waals surface area contributed by atoms with Crippen LogP contribution in [-0.4, -0.2) is 17.1 Å². The van der Waals surface area contributed by atoms with Crippen molar-refractivity contribution in [3.8, 4) is 11.5 Å². The highest BCUT2D eigenvalue weighted by Gasteiger charge is 2.04. The third kappa shape index (κ3) is 3.20. The zero-order valence-corrected chi connectivity index (χ0v) is 11.8. The van der Waals surface area contributed by atoms with Crippen molar-refractivity contribution >= 4 is 15.9 Å². The van der Waals surface area contributed by atoms with E-state index in [1.54, 1.807) is 19.4 Å². The summed E-state index contributed by atoms with van der Waals surface area (Å²) < 4.78 is 11.5. The molecule has 0 aliphatic carbocycles. The second-order valence-electron chi connectivity index (χ2n) is 3.72. The van der Waals surface area contributed by atoms with E-state index in [4.69, 9.17) is 9.47 Å². The van der Waals surface area contributed by atoms with Gasteiger partial charge in [-0.3, -0.25) is 4.98 Å². The minimum absolute atomic E-state index is 0.376. The van der Waals surface area contributed by atoms with Gasteiger partial charge in [0.1, 0.15) is 17.0 Å². The lowest BCUT2D eigenvalue weighted by Crippen LogP contribution is -2.00. The molecule has 94 valence electrons. The number of methoxy groups -OCH3 is 1. The molecule has 0 amide bonds. The fourth-order valence-corrected chi connectivity index (χ4v) is 1.96. The van der Waals surface area contributed by atoms with Crippen LogP contribution < -0.4 is 9.47 Å². The molecule has 0 spiro atoms. The fourth-order valence-electron chi connectivity index (χ4n) is 1.43. The third-order valence-corrected chi connectivity index (χ3v) is 2.92. The number of ether oxygens (including phenoxy) is 2. The number of aryl methyl sites for hydroxylation is 1. The van der Waals surface area contributed by atoms with Crippen LogP contribution in [0.4, 0.5) is 0 Å². The molecular formula is C13H13BrN2O2. The van der Waals surface area contributed by atoms with Crippen molar-refractivity contribution in [2.75, 3.05) is 7.11 Å². The van der Waals surface area contributed by atoms with Crippen molar-refractivity contribution in [1.29, 1.82) is 0 Å². The molecule has 0 atom stereocenters. The van der Waals surface area contributed by atoms with Gasteiger partial charge in [0.2, 0.25) is 0 Å². The zero-order chi connectivity index (χ0) is 13.0. The van der Waals surface area contributed by atoms with Crippen LogP contribution in [0.5, 0.6) is 11.5 Å².